The Balaban J connectivity index is 1.66. The fraction of sp³-hybridized carbons (Fsp3) is 0.409. The second-order valence-corrected chi connectivity index (χ2v) is 6.98. The lowest BCUT2D eigenvalue weighted by Gasteiger charge is -2.38. The Morgan fingerprint density at radius 3 is 2.35 bits per heavy atom. The maximum atomic E-state index is 13.3. The van der Waals surface area contributed by atoms with E-state index in [4.69, 9.17) is 0 Å². The number of anilines is 1. The average Bonchev–Trinajstić information content (AvgIpc) is 2.66. The van der Waals surface area contributed by atoms with Gasteiger partial charge >= 0.3 is 0 Å². The molecular weight excluding hydrogens is 327 g/mol. The van der Waals surface area contributed by atoms with Crippen molar-refractivity contribution >= 4 is 11.6 Å². The van der Waals surface area contributed by atoms with E-state index in [0.717, 1.165) is 44.6 Å². The van der Waals surface area contributed by atoms with Crippen LogP contribution in [-0.4, -0.2) is 29.9 Å². The second-order valence-electron chi connectivity index (χ2n) is 6.98. The van der Waals surface area contributed by atoms with Gasteiger partial charge in [0.05, 0.1) is 0 Å². The molecule has 0 aliphatic carbocycles. The average molecular weight is 354 g/mol. The highest BCUT2D eigenvalue weighted by molar-refractivity contribution is 5.93. The van der Waals surface area contributed by atoms with Crippen molar-refractivity contribution in [3.63, 3.8) is 0 Å². The summed E-state index contributed by atoms with van der Waals surface area (Å²) >= 11 is 0. The summed E-state index contributed by atoms with van der Waals surface area (Å²) in [6, 6.07) is 17.0. The third-order valence-corrected chi connectivity index (χ3v) is 5.01. The Morgan fingerprint density at radius 1 is 1.08 bits per heavy atom. The van der Waals surface area contributed by atoms with E-state index in [0.29, 0.717) is 6.42 Å². The Hall–Kier alpha value is -2.20. The van der Waals surface area contributed by atoms with Gasteiger partial charge < -0.3 is 4.90 Å². The van der Waals surface area contributed by atoms with Crippen LogP contribution in [0.4, 0.5) is 10.1 Å². The van der Waals surface area contributed by atoms with Crippen LogP contribution in [0.3, 0.4) is 0 Å². The summed E-state index contributed by atoms with van der Waals surface area (Å²) in [7, 11) is 0. The Labute approximate surface area is 155 Å². The highest BCUT2D eigenvalue weighted by atomic mass is 19.1. The van der Waals surface area contributed by atoms with E-state index in [9.17, 15) is 9.18 Å². The number of piperidine rings is 1. The molecule has 1 aliphatic rings. The van der Waals surface area contributed by atoms with Crippen LogP contribution in [0, 0.1) is 5.82 Å². The Kier molecular flexibility index (Phi) is 6.40. The van der Waals surface area contributed by atoms with Crippen LogP contribution < -0.4 is 4.90 Å². The summed E-state index contributed by atoms with van der Waals surface area (Å²) in [5, 5.41) is 0. The molecule has 1 heterocycles. The summed E-state index contributed by atoms with van der Waals surface area (Å²) in [6.45, 7) is 4.91. The number of rotatable bonds is 6. The number of halogens is 1. The van der Waals surface area contributed by atoms with Crippen LogP contribution in [0.25, 0.3) is 0 Å². The Bertz CT molecular complexity index is 694. The fourth-order valence-electron chi connectivity index (χ4n) is 3.67. The predicted octanol–water partition coefficient (Wildman–Crippen LogP) is 4.62. The van der Waals surface area contributed by atoms with Crippen molar-refractivity contribution in [2.75, 3.05) is 18.0 Å². The maximum Gasteiger partial charge on any atom is 0.227 e. The van der Waals surface area contributed by atoms with Crippen molar-refractivity contribution in [1.29, 1.82) is 0 Å². The zero-order valence-corrected chi connectivity index (χ0v) is 15.4. The third-order valence-electron chi connectivity index (χ3n) is 5.01. The minimum Gasteiger partial charge on any atom is -0.309 e. The Morgan fingerprint density at radius 2 is 1.73 bits per heavy atom. The first-order valence-electron chi connectivity index (χ1n) is 9.51. The molecule has 0 radical (unpaired) electrons. The van der Waals surface area contributed by atoms with Gasteiger partial charge in [-0.1, -0.05) is 37.3 Å². The number of nitrogens with zero attached hydrogens (tertiary/aromatic N) is 2. The monoisotopic (exact) mass is 354 g/mol. The first-order chi connectivity index (χ1) is 12.7. The second kappa shape index (κ2) is 8.95. The van der Waals surface area contributed by atoms with Gasteiger partial charge in [-0.15, -0.1) is 0 Å². The van der Waals surface area contributed by atoms with Crippen molar-refractivity contribution in [3.8, 4) is 0 Å². The summed E-state index contributed by atoms with van der Waals surface area (Å²) in [6.07, 6.45) is 3.24. The van der Waals surface area contributed by atoms with E-state index in [1.165, 1.54) is 17.7 Å². The SMILES string of the molecule is CCCC(=O)N(c1ccc(F)cc1)C1CCN(Cc2ccccc2)CC1. The van der Waals surface area contributed by atoms with Crippen LogP contribution >= 0.6 is 0 Å². The summed E-state index contributed by atoms with van der Waals surface area (Å²) in [5.41, 5.74) is 2.13. The molecule has 0 N–H and O–H groups in total. The largest absolute Gasteiger partial charge is 0.309 e. The zero-order chi connectivity index (χ0) is 18.4. The normalized spacial score (nSPS) is 15.8. The number of amides is 1. The number of hydrogen-bond acceptors (Lipinski definition) is 2. The van der Waals surface area contributed by atoms with E-state index >= 15 is 0 Å². The van der Waals surface area contributed by atoms with Crippen LogP contribution in [0.5, 0.6) is 0 Å². The van der Waals surface area contributed by atoms with Gasteiger partial charge in [-0.25, -0.2) is 4.39 Å². The first kappa shape index (κ1) is 18.6. The zero-order valence-electron chi connectivity index (χ0n) is 15.4. The standard InChI is InChI=1S/C22H27FN2O/c1-2-6-22(26)25(20-11-9-19(23)10-12-20)21-13-15-24(16-14-21)17-18-7-4-3-5-8-18/h3-5,7-12,21H,2,6,13-17H2,1H3. The number of carbonyl (C=O) groups is 1. The maximum absolute atomic E-state index is 13.3. The van der Waals surface area contributed by atoms with E-state index in [1.807, 2.05) is 17.9 Å². The molecule has 4 heteroatoms. The number of likely N-dealkylation sites (tertiary alicyclic amines) is 1. The summed E-state index contributed by atoms with van der Waals surface area (Å²) in [5.74, 6) is -0.130. The molecule has 0 aromatic heterocycles. The molecule has 2 aromatic rings. The van der Waals surface area contributed by atoms with Crippen molar-refractivity contribution in [2.45, 2.75) is 45.2 Å². The minimum atomic E-state index is -0.269. The van der Waals surface area contributed by atoms with Crippen LogP contribution in [-0.2, 0) is 11.3 Å². The molecule has 0 unspecified atom stereocenters. The molecule has 3 rings (SSSR count). The molecule has 3 nitrogen and oxygen atoms in total. The van der Waals surface area contributed by atoms with Crippen LogP contribution in [0.1, 0.15) is 38.2 Å². The molecule has 2 aromatic carbocycles. The van der Waals surface area contributed by atoms with Crippen molar-refractivity contribution in [1.82, 2.24) is 4.90 Å². The van der Waals surface area contributed by atoms with Gasteiger partial charge in [0.1, 0.15) is 5.82 Å². The molecular formula is C22H27FN2O. The van der Waals surface area contributed by atoms with Gasteiger partial charge in [0.15, 0.2) is 0 Å². The highest BCUT2D eigenvalue weighted by Gasteiger charge is 2.28. The number of benzene rings is 2. The van der Waals surface area contributed by atoms with Gasteiger partial charge in [0.2, 0.25) is 5.91 Å². The van der Waals surface area contributed by atoms with Crippen molar-refractivity contribution < 1.29 is 9.18 Å². The molecule has 0 bridgehead atoms. The van der Waals surface area contributed by atoms with E-state index in [-0.39, 0.29) is 17.8 Å². The quantitative estimate of drug-likeness (QED) is 0.755. The molecule has 1 fully saturated rings. The minimum absolute atomic E-state index is 0.139. The predicted molar refractivity (Wildman–Crippen MR) is 104 cm³/mol. The lowest BCUT2D eigenvalue weighted by Crippen LogP contribution is -2.47. The molecule has 0 spiro atoms. The van der Waals surface area contributed by atoms with Crippen LogP contribution in [0.2, 0.25) is 0 Å². The number of hydrogen-bond donors (Lipinski definition) is 0. The molecule has 0 atom stereocenters. The molecule has 0 saturated carbocycles. The van der Waals surface area contributed by atoms with Crippen molar-refractivity contribution in [2.24, 2.45) is 0 Å². The number of carbonyl (C=O) groups excluding carboxylic acids is 1. The van der Waals surface area contributed by atoms with Gasteiger partial charge in [-0.05, 0) is 49.1 Å². The molecule has 1 saturated heterocycles. The summed E-state index contributed by atoms with van der Waals surface area (Å²) in [4.78, 5) is 17.1. The lowest BCUT2D eigenvalue weighted by molar-refractivity contribution is -0.119. The van der Waals surface area contributed by atoms with Gasteiger partial charge in [-0.3, -0.25) is 9.69 Å². The van der Waals surface area contributed by atoms with Gasteiger partial charge in [0, 0.05) is 37.8 Å². The van der Waals surface area contributed by atoms with Gasteiger partial charge in [-0.2, -0.15) is 0 Å². The van der Waals surface area contributed by atoms with E-state index in [2.05, 4.69) is 29.2 Å². The molecule has 1 amide bonds. The highest BCUT2D eigenvalue weighted by Crippen LogP contribution is 2.26. The molecule has 1 aliphatic heterocycles. The lowest BCUT2D eigenvalue weighted by atomic mass is 10.0. The molecule has 26 heavy (non-hydrogen) atoms. The molecule has 138 valence electrons. The van der Waals surface area contributed by atoms with E-state index < -0.39 is 0 Å². The van der Waals surface area contributed by atoms with E-state index in [1.54, 1.807) is 12.1 Å². The summed E-state index contributed by atoms with van der Waals surface area (Å²) < 4.78 is 13.3. The third kappa shape index (κ3) is 4.70. The smallest absolute Gasteiger partial charge is 0.227 e. The first-order valence-corrected chi connectivity index (χ1v) is 9.51. The van der Waals surface area contributed by atoms with Crippen LogP contribution in [0.15, 0.2) is 54.6 Å². The topological polar surface area (TPSA) is 23.6 Å². The van der Waals surface area contributed by atoms with Crippen molar-refractivity contribution in [3.05, 3.63) is 66.0 Å². The fourth-order valence-corrected chi connectivity index (χ4v) is 3.67. The van der Waals surface area contributed by atoms with Gasteiger partial charge in [0.25, 0.3) is 0 Å².